The second-order valence-electron chi connectivity index (χ2n) is 8.88. The first-order chi connectivity index (χ1) is 15.0. The summed E-state index contributed by atoms with van der Waals surface area (Å²) in [4.78, 5) is 40.0. The second-order valence-corrected chi connectivity index (χ2v) is 9.32. The number of nitrogens with zero attached hydrogens (tertiary/aromatic N) is 1. The molecule has 0 unspecified atom stereocenters. The molecule has 6 heteroatoms. The normalized spacial score (nSPS) is 32.1. The number of benzene rings is 2. The van der Waals surface area contributed by atoms with Gasteiger partial charge in [-0.3, -0.25) is 19.3 Å². The average Bonchev–Trinajstić information content (AvgIpc) is 3.56. The molecular formula is C25H20ClNO4. The predicted octanol–water partition coefficient (Wildman–Crippen LogP) is 4.16. The van der Waals surface area contributed by atoms with E-state index in [4.69, 9.17) is 16.3 Å². The number of anilines is 1. The van der Waals surface area contributed by atoms with E-state index in [1.807, 2.05) is 0 Å². The summed E-state index contributed by atoms with van der Waals surface area (Å²) < 4.78 is 5.60. The molecule has 1 aliphatic heterocycles. The summed E-state index contributed by atoms with van der Waals surface area (Å²) in [5.41, 5.74) is 1.09. The van der Waals surface area contributed by atoms with Crippen molar-refractivity contribution in [3.05, 3.63) is 71.3 Å². The van der Waals surface area contributed by atoms with Gasteiger partial charge in [0.15, 0.2) is 12.4 Å². The van der Waals surface area contributed by atoms with Crippen LogP contribution in [0.3, 0.4) is 0 Å². The summed E-state index contributed by atoms with van der Waals surface area (Å²) in [5.74, 6) is 1.37. The van der Waals surface area contributed by atoms with Crippen molar-refractivity contribution in [2.75, 3.05) is 11.5 Å². The highest BCUT2D eigenvalue weighted by Crippen LogP contribution is 2.65. The minimum atomic E-state index is -0.209. The number of rotatable bonds is 5. The molecule has 2 amide bonds. The van der Waals surface area contributed by atoms with Crippen LogP contribution in [0.1, 0.15) is 16.8 Å². The number of imide groups is 1. The molecule has 2 bridgehead atoms. The van der Waals surface area contributed by atoms with E-state index in [9.17, 15) is 14.4 Å². The maximum absolute atomic E-state index is 13.2. The number of hydrogen-bond acceptors (Lipinski definition) is 4. The second kappa shape index (κ2) is 6.79. The first-order valence-electron chi connectivity index (χ1n) is 10.6. The molecule has 3 fully saturated rings. The zero-order chi connectivity index (χ0) is 21.3. The van der Waals surface area contributed by atoms with E-state index in [2.05, 4.69) is 12.2 Å². The summed E-state index contributed by atoms with van der Waals surface area (Å²) in [5, 5.41) is 0.569. The summed E-state index contributed by atoms with van der Waals surface area (Å²) in [6.07, 6.45) is 5.49. The summed E-state index contributed by atoms with van der Waals surface area (Å²) >= 11 is 5.85. The first-order valence-corrected chi connectivity index (χ1v) is 11.0. The van der Waals surface area contributed by atoms with E-state index in [-0.39, 0.29) is 47.9 Å². The third-order valence-electron chi connectivity index (χ3n) is 7.29. The Bertz CT molecular complexity index is 1090. The molecule has 5 nitrogen and oxygen atoms in total. The predicted molar refractivity (Wildman–Crippen MR) is 115 cm³/mol. The zero-order valence-corrected chi connectivity index (χ0v) is 17.4. The van der Waals surface area contributed by atoms with Gasteiger partial charge in [-0.25, -0.2) is 0 Å². The van der Waals surface area contributed by atoms with Gasteiger partial charge in [0.2, 0.25) is 11.8 Å². The van der Waals surface area contributed by atoms with Crippen LogP contribution in [0.4, 0.5) is 5.69 Å². The van der Waals surface area contributed by atoms with Crippen LogP contribution in [0.15, 0.2) is 60.7 Å². The van der Waals surface area contributed by atoms with Crippen LogP contribution in [0.5, 0.6) is 5.75 Å². The number of carbonyl (C=O) groups is 3. The fraction of sp³-hybridized carbons (Fsp3) is 0.320. The third-order valence-corrected chi connectivity index (χ3v) is 7.55. The average molecular weight is 434 g/mol. The lowest BCUT2D eigenvalue weighted by Crippen LogP contribution is -2.40. The molecule has 2 saturated carbocycles. The molecule has 6 atom stereocenters. The van der Waals surface area contributed by atoms with Crippen molar-refractivity contribution in [3.8, 4) is 5.75 Å². The van der Waals surface area contributed by atoms with Gasteiger partial charge in [0, 0.05) is 10.6 Å². The Kier molecular flexibility index (Phi) is 4.12. The van der Waals surface area contributed by atoms with E-state index in [1.54, 1.807) is 48.5 Å². The smallest absolute Gasteiger partial charge is 0.238 e. The lowest BCUT2D eigenvalue weighted by atomic mass is 9.63. The van der Waals surface area contributed by atoms with E-state index in [0.29, 0.717) is 33.9 Å². The van der Waals surface area contributed by atoms with Gasteiger partial charge in [-0.2, -0.15) is 0 Å². The van der Waals surface area contributed by atoms with E-state index in [1.165, 1.54) is 4.90 Å². The number of allylic oxidation sites excluding steroid dienone is 2. The largest absolute Gasteiger partial charge is 0.485 e. The molecule has 1 saturated heterocycles. The van der Waals surface area contributed by atoms with Gasteiger partial charge in [0.1, 0.15) is 5.75 Å². The fourth-order valence-electron chi connectivity index (χ4n) is 5.77. The van der Waals surface area contributed by atoms with Crippen LogP contribution >= 0.6 is 11.6 Å². The molecule has 0 spiro atoms. The van der Waals surface area contributed by atoms with Gasteiger partial charge in [-0.1, -0.05) is 23.8 Å². The maximum Gasteiger partial charge on any atom is 0.238 e. The molecule has 0 radical (unpaired) electrons. The van der Waals surface area contributed by atoms with Crippen LogP contribution < -0.4 is 9.64 Å². The SMILES string of the molecule is O=C(COc1ccc(N2C(=O)[C@@H]3[C@H]4C=C[C@@H]([C@@H]5C[C@H]45)[C@H]3C2=O)cc1)c1ccc(Cl)cc1. The zero-order valence-electron chi connectivity index (χ0n) is 16.6. The first kappa shape index (κ1) is 18.8. The number of ketones is 1. The van der Waals surface area contributed by atoms with Crippen LogP contribution in [0.2, 0.25) is 5.02 Å². The van der Waals surface area contributed by atoms with Crippen molar-refractivity contribution < 1.29 is 19.1 Å². The standard InChI is InChI=1S/C25H20ClNO4/c26-14-3-1-13(2-4-14)21(28)12-31-16-7-5-15(6-8-16)27-24(29)22-17-9-10-18(20-11-19(17)20)23(22)25(27)30/h1-10,17-20,22-23H,11-12H2/t17-,18-,19-,20+,22+,23+/m0/s1. The minimum Gasteiger partial charge on any atom is -0.485 e. The quantitative estimate of drug-likeness (QED) is 0.403. The maximum atomic E-state index is 13.2. The Balaban J connectivity index is 1.16. The van der Waals surface area contributed by atoms with Gasteiger partial charge < -0.3 is 4.74 Å². The van der Waals surface area contributed by atoms with Crippen LogP contribution in [0, 0.1) is 35.5 Å². The molecule has 4 aliphatic carbocycles. The molecule has 0 N–H and O–H groups in total. The number of hydrogen-bond donors (Lipinski definition) is 0. The van der Waals surface area contributed by atoms with Crippen molar-refractivity contribution in [1.82, 2.24) is 0 Å². The van der Waals surface area contributed by atoms with Gasteiger partial charge in [-0.15, -0.1) is 0 Å². The summed E-state index contributed by atoms with van der Waals surface area (Å²) in [7, 11) is 0. The molecule has 1 heterocycles. The van der Waals surface area contributed by atoms with Crippen LogP contribution in [0.25, 0.3) is 0 Å². The van der Waals surface area contributed by atoms with Crippen LogP contribution in [-0.4, -0.2) is 24.2 Å². The Morgan fingerprint density at radius 1 is 0.903 bits per heavy atom. The molecule has 2 aromatic rings. The Morgan fingerprint density at radius 2 is 1.48 bits per heavy atom. The lowest BCUT2D eigenvalue weighted by Gasteiger charge is -2.37. The van der Waals surface area contributed by atoms with Crippen molar-refractivity contribution in [2.45, 2.75) is 6.42 Å². The molecule has 0 aromatic heterocycles. The van der Waals surface area contributed by atoms with Gasteiger partial charge in [0.25, 0.3) is 0 Å². The highest BCUT2D eigenvalue weighted by atomic mass is 35.5. The van der Waals surface area contributed by atoms with E-state index >= 15 is 0 Å². The molecule has 31 heavy (non-hydrogen) atoms. The number of ether oxygens (including phenoxy) is 1. The number of halogens is 1. The topological polar surface area (TPSA) is 63.7 Å². The highest BCUT2D eigenvalue weighted by Gasteiger charge is 2.67. The Labute approximate surface area is 184 Å². The Hall–Kier alpha value is -2.92. The van der Waals surface area contributed by atoms with Gasteiger partial charge in [-0.05, 0) is 78.6 Å². The number of carbonyl (C=O) groups excluding carboxylic acids is 3. The van der Waals surface area contributed by atoms with Crippen molar-refractivity contribution in [3.63, 3.8) is 0 Å². The molecule has 5 aliphatic rings. The fourth-order valence-corrected chi connectivity index (χ4v) is 5.90. The van der Waals surface area contributed by atoms with Gasteiger partial charge in [0.05, 0.1) is 17.5 Å². The molecular weight excluding hydrogens is 414 g/mol. The highest BCUT2D eigenvalue weighted by molar-refractivity contribution is 6.30. The van der Waals surface area contributed by atoms with Crippen molar-refractivity contribution in [1.29, 1.82) is 0 Å². The third kappa shape index (κ3) is 2.87. The van der Waals surface area contributed by atoms with Crippen molar-refractivity contribution >= 4 is 34.9 Å². The molecule has 2 aromatic carbocycles. The number of Topliss-reactive ketones (excluding diaryl/α,β-unsaturated/α-hetero) is 1. The summed E-state index contributed by atoms with van der Waals surface area (Å²) in [6.45, 7) is -0.107. The Morgan fingerprint density at radius 3 is 2.06 bits per heavy atom. The van der Waals surface area contributed by atoms with E-state index in [0.717, 1.165) is 6.42 Å². The van der Waals surface area contributed by atoms with Gasteiger partial charge >= 0.3 is 0 Å². The number of amides is 2. The van der Waals surface area contributed by atoms with Crippen LogP contribution in [-0.2, 0) is 9.59 Å². The van der Waals surface area contributed by atoms with E-state index < -0.39 is 0 Å². The monoisotopic (exact) mass is 433 g/mol. The van der Waals surface area contributed by atoms with Crippen molar-refractivity contribution in [2.24, 2.45) is 35.5 Å². The minimum absolute atomic E-state index is 0.0775. The lowest BCUT2D eigenvalue weighted by molar-refractivity contribution is -0.124. The molecule has 7 rings (SSSR count). The molecule has 156 valence electrons. The summed E-state index contributed by atoms with van der Waals surface area (Å²) in [6, 6.07) is 13.5.